The molecule has 3 saturated heterocycles. The normalized spacial score (nSPS) is 53.3. The second kappa shape index (κ2) is 16.7. The summed E-state index contributed by atoms with van der Waals surface area (Å²) in [5.41, 5.74) is -0.692. The Morgan fingerprint density at radius 2 is 1.33 bits per heavy atom. The monoisotopic (exact) mass is 910 g/mol. The lowest BCUT2D eigenvalue weighted by Crippen LogP contribution is -2.66. The molecule has 7 fully saturated rings. The first kappa shape index (κ1) is 48.6. The first-order valence-electron chi connectivity index (χ1n) is 23.6. The van der Waals surface area contributed by atoms with Crippen molar-refractivity contribution in [1.82, 2.24) is 0 Å². The minimum absolute atomic E-state index is 0.0740. The predicted octanol–water partition coefficient (Wildman–Crippen LogP) is 1.90. The number of esters is 1. The molecule has 0 aromatic rings. The third-order valence-electron chi connectivity index (χ3n) is 18.8. The molecule has 0 radical (unpaired) electrons. The Morgan fingerprint density at radius 1 is 0.688 bits per heavy atom. The lowest BCUT2D eigenvalue weighted by atomic mass is 9.33. The lowest BCUT2D eigenvalue weighted by molar-refractivity contribution is -0.350. The molecule has 0 spiro atoms. The Balaban J connectivity index is 1.05. The predicted molar refractivity (Wildman–Crippen MR) is 223 cm³/mol. The minimum atomic E-state index is -1.80. The second-order valence-corrected chi connectivity index (χ2v) is 23.0. The van der Waals surface area contributed by atoms with Gasteiger partial charge in [-0.05, 0) is 116 Å². The van der Waals surface area contributed by atoms with Crippen molar-refractivity contribution in [3.8, 4) is 0 Å². The van der Waals surface area contributed by atoms with Crippen molar-refractivity contribution in [2.24, 2.45) is 50.2 Å². The number of rotatable bonds is 7. The number of hydrogen-bond acceptors (Lipinski definition) is 16. The molecule has 3 aliphatic heterocycles. The molecule has 8 aliphatic rings. The zero-order valence-corrected chi connectivity index (χ0v) is 38.5. The van der Waals surface area contributed by atoms with Crippen molar-refractivity contribution in [2.75, 3.05) is 6.61 Å². The first-order valence-corrected chi connectivity index (χ1v) is 23.6. The van der Waals surface area contributed by atoms with Crippen LogP contribution in [0.25, 0.3) is 0 Å². The van der Waals surface area contributed by atoms with Gasteiger partial charge >= 0.3 is 11.9 Å². The Hall–Kier alpha value is -1.84. The van der Waals surface area contributed by atoms with Gasteiger partial charge in [0.15, 0.2) is 24.8 Å². The number of allylic oxidation sites excluding steroid dienone is 2. The molecule has 5 aliphatic carbocycles. The van der Waals surface area contributed by atoms with E-state index in [1.165, 1.54) is 12.5 Å². The van der Waals surface area contributed by atoms with E-state index in [0.29, 0.717) is 19.3 Å². The van der Waals surface area contributed by atoms with E-state index in [1.807, 2.05) is 0 Å². The highest BCUT2D eigenvalue weighted by molar-refractivity contribution is 5.79. The highest BCUT2D eigenvalue weighted by atomic mass is 16.8. The second-order valence-electron chi connectivity index (χ2n) is 23.0. The van der Waals surface area contributed by atoms with E-state index in [4.69, 9.17) is 28.4 Å². The van der Waals surface area contributed by atoms with E-state index in [1.54, 1.807) is 0 Å². The molecule has 0 bridgehead atoms. The molecule has 17 nitrogen and oxygen atoms in total. The summed E-state index contributed by atoms with van der Waals surface area (Å²) >= 11 is 0. The molecular weight excluding hydrogens is 836 g/mol. The van der Waals surface area contributed by atoms with Gasteiger partial charge in [0.1, 0.15) is 48.8 Å². The number of carbonyl (C=O) groups excluding carboxylic acids is 1. The van der Waals surface area contributed by atoms with Gasteiger partial charge in [0.2, 0.25) is 6.29 Å². The summed E-state index contributed by atoms with van der Waals surface area (Å²) < 4.78 is 35.7. The molecular formula is C47H74O17. The van der Waals surface area contributed by atoms with Crippen LogP contribution in [0, 0.1) is 50.2 Å². The summed E-state index contributed by atoms with van der Waals surface area (Å²) in [5.74, 6) is -1.63. The van der Waals surface area contributed by atoms with Crippen molar-refractivity contribution in [2.45, 2.75) is 212 Å². The molecule has 0 aromatic heterocycles. The number of fused-ring (bicyclic) bond motifs is 7. The molecule has 17 heteroatoms. The van der Waals surface area contributed by atoms with Gasteiger partial charge in [-0.3, -0.25) is 4.79 Å². The van der Waals surface area contributed by atoms with E-state index in [0.717, 1.165) is 44.9 Å². The molecule has 22 atom stereocenters. The average molecular weight is 911 g/mol. The minimum Gasteiger partial charge on any atom is -0.479 e. The smallest absolute Gasteiger partial charge is 0.335 e. The first-order chi connectivity index (χ1) is 29.7. The van der Waals surface area contributed by atoms with E-state index in [9.17, 15) is 50.8 Å². The van der Waals surface area contributed by atoms with Crippen molar-refractivity contribution in [3.05, 3.63) is 11.6 Å². The van der Waals surface area contributed by atoms with E-state index in [2.05, 4.69) is 54.5 Å². The Kier molecular flexibility index (Phi) is 12.7. The molecule has 0 unspecified atom stereocenters. The standard InChI is InChI=1S/C47H74O17/c1-21-28(49)30(51)33(54)38(60-21)63-36-29(50)24(48)20-59-40(36)64-41(58)47-17-15-42(2,3)19-23(47)22-9-10-26-44(6)13-12-27(61-39-34(55)31(52)32(53)35(62-39)37(56)57)43(4,5)25(44)11-14-46(26,8)45(22,7)16-18-47/h9,21,23-36,38-40,48-55H,10-20H2,1-8H3,(H,56,57)/t21-,23-,24-,25-,26+,27-,28-,29-,30+,31-,32-,33+,34+,35-,36-,38-,39+,40-,44-,45+,46+,47-/m0/s1. The van der Waals surface area contributed by atoms with Gasteiger partial charge in [-0.15, -0.1) is 0 Å². The highest BCUT2D eigenvalue weighted by Crippen LogP contribution is 2.76. The lowest BCUT2D eigenvalue weighted by Gasteiger charge is -2.71. The number of aliphatic carboxylic acids is 1. The summed E-state index contributed by atoms with van der Waals surface area (Å²) in [5, 5.41) is 94.5. The summed E-state index contributed by atoms with van der Waals surface area (Å²) in [6, 6.07) is 0. The number of aliphatic hydroxyl groups is 8. The van der Waals surface area contributed by atoms with Crippen molar-refractivity contribution in [3.63, 3.8) is 0 Å². The van der Waals surface area contributed by atoms with Gasteiger partial charge in [-0.1, -0.05) is 60.1 Å². The van der Waals surface area contributed by atoms with Crippen LogP contribution < -0.4 is 0 Å². The molecule has 8 rings (SSSR count). The summed E-state index contributed by atoms with van der Waals surface area (Å²) in [7, 11) is 0. The van der Waals surface area contributed by atoms with Crippen molar-refractivity contribution in [1.29, 1.82) is 0 Å². The molecule has 0 amide bonds. The topological polar surface area (TPSA) is 272 Å². The SMILES string of the molecule is C[C@@H]1O[C@@H](O[C@@H]2[C@H](OC(=O)[C@]34CCC(C)(C)C[C@H]3C3=CC[C@@H]5[C@@]6(C)CC[C@H](O[C@@H]7O[C@H](C(=O)O)[C@@H](O)[C@H](O)[C@H]7O)C(C)(C)[C@@H]6CC[C@@]5(C)[C@]3(C)CC4)OC[C@H](O)[C@@H]2O)[C@H](O)[C@H](O)[C@H]1O. The molecule has 64 heavy (non-hydrogen) atoms. The third kappa shape index (κ3) is 7.45. The van der Waals surface area contributed by atoms with Gasteiger partial charge in [0.05, 0.1) is 24.2 Å². The van der Waals surface area contributed by atoms with Gasteiger partial charge < -0.3 is 74.4 Å². The van der Waals surface area contributed by atoms with Crippen LogP contribution in [0.3, 0.4) is 0 Å². The van der Waals surface area contributed by atoms with Gasteiger partial charge in [0, 0.05) is 0 Å². The van der Waals surface area contributed by atoms with Crippen LogP contribution in [0.2, 0.25) is 0 Å². The van der Waals surface area contributed by atoms with Gasteiger partial charge in [-0.2, -0.15) is 0 Å². The summed E-state index contributed by atoms with van der Waals surface area (Å²) in [6.07, 6.45) is -12.0. The molecule has 364 valence electrons. The number of ether oxygens (including phenoxy) is 6. The van der Waals surface area contributed by atoms with E-state index >= 15 is 4.79 Å². The van der Waals surface area contributed by atoms with Crippen LogP contribution in [0.4, 0.5) is 0 Å². The zero-order chi connectivity index (χ0) is 46.9. The van der Waals surface area contributed by atoms with E-state index in [-0.39, 0.29) is 46.0 Å². The van der Waals surface area contributed by atoms with Crippen LogP contribution in [-0.4, -0.2) is 157 Å². The summed E-state index contributed by atoms with van der Waals surface area (Å²) in [4.78, 5) is 26.9. The zero-order valence-electron chi connectivity index (χ0n) is 38.5. The number of hydrogen-bond donors (Lipinski definition) is 9. The Morgan fingerprint density at radius 3 is 2.00 bits per heavy atom. The maximum Gasteiger partial charge on any atom is 0.335 e. The molecule has 0 aromatic carbocycles. The fourth-order valence-corrected chi connectivity index (χ4v) is 14.7. The van der Waals surface area contributed by atoms with Crippen LogP contribution in [0.5, 0.6) is 0 Å². The fraction of sp³-hybridized carbons (Fsp3) is 0.915. The van der Waals surface area contributed by atoms with Crippen LogP contribution in [0.1, 0.15) is 120 Å². The van der Waals surface area contributed by atoms with Crippen LogP contribution >= 0.6 is 0 Å². The highest BCUT2D eigenvalue weighted by Gasteiger charge is 2.70. The molecule has 4 saturated carbocycles. The maximum absolute atomic E-state index is 15.0. The maximum atomic E-state index is 15.0. The van der Waals surface area contributed by atoms with Gasteiger partial charge in [0.25, 0.3) is 0 Å². The van der Waals surface area contributed by atoms with Crippen molar-refractivity contribution >= 4 is 11.9 Å². The van der Waals surface area contributed by atoms with Crippen LogP contribution in [-0.2, 0) is 38.0 Å². The quantitative estimate of drug-likeness (QED) is 0.100. The van der Waals surface area contributed by atoms with Crippen molar-refractivity contribution < 1.29 is 84.0 Å². The Labute approximate surface area is 375 Å². The number of carboxylic acids is 1. The number of aliphatic hydroxyl groups excluding tert-OH is 8. The molecule has 3 heterocycles. The fourth-order valence-electron chi connectivity index (χ4n) is 14.7. The largest absolute Gasteiger partial charge is 0.479 e. The molecule has 9 N–H and O–H groups in total. The van der Waals surface area contributed by atoms with Gasteiger partial charge in [-0.25, -0.2) is 4.79 Å². The van der Waals surface area contributed by atoms with E-state index < -0.39 is 115 Å². The number of carbonyl (C=O) groups is 2. The Bertz CT molecular complexity index is 1810. The van der Waals surface area contributed by atoms with Crippen LogP contribution in [0.15, 0.2) is 11.6 Å². The number of carboxylic acid groups (broad SMARTS) is 1. The third-order valence-corrected chi connectivity index (χ3v) is 18.8. The average Bonchev–Trinajstić information content (AvgIpc) is 3.22. The summed E-state index contributed by atoms with van der Waals surface area (Å²) in [6.45, 7) is 17.2.